The highest BCUT2D eigenvalue weighted by Crippen LogP contribution is 2.30. The first-order chi connectivity index (χ1) is 8.88. The highest BCUT2D eigenvalue weighted by atomic mass is 15.3. The summed E-state index contributed by atoms with van der Waals surface area (Å²) in [5.74, 6) is 1.62. The number of nitrogens with zero attached hydrogens (tertiary/aromatic N) is 4. The van der Waals surface area contributed by atoms with Gasteiger partial charge in [0, 0.05) is 18.7 Å². The molecule has 0 radical (unpaired) electrons. The third-order valence-electron chi connectivity index (χ3n) is 3.28. The van der Waals surface area contributed by atoms with E-state index < -0.39 is 0 Å². The molecule has 4 nitrogen and oxygen atoms in total. The lowest BCUT2D eigenvalue weighted by Gasteiger charge is -2.29. The fraction of sp³-hybridized carbons (Fsp3) is 0.357. The van der Waals surface area contributed by atoms with Gasteiger partial charge in [0.1, 0.15) is 12.2 Å². The van der Waals surface area contributed by atoms with Crippen LogP contribution in [0.3, 0.4) is 0 Å². The first-order valence-corrected chi connectivity index (χ1v) is 6.42. The van der Waals surface area contributed by atoms with Crippen LogP contribution in [0.5, 0.6) is 0 Å². The van der Waals surface area contributed by atoms with Crippen molar-refractivity contribution in [2.75, 3.05) is 11.4 Å². The first kappa shape index (κ1) is 11.1. The van der Waals surface area contributed by atoms with Gasteiger partial charge in [-0.1, -0.05) is 25.1 Å². The van der Waals surface area contributed by atoms with Crippen LogP contribution in [0.25, 0.3) is 0 Å². The van der Waals surface area contributed by atoms with Gasteiger partial charge in [-0.2, -0.15) is 4.98 Å². The van der Waals surface area contributed by atoms with E-state index in [1.807, 2.05) is 0 Å². The summed E-state index contributed by atoms with van der Waals surface area (Å²) >= 11 is 0. The van der Waals surface area contributed by atoms with Gasteiger partial charge in [-0.15, -0.1) is 0 Å². The molecule has 1 aliphatic rings. The maximum atomic E-state index is 4.52. The molecule has 92 valence electrons. The minimum absolute atomic E-state index is 0.772. The van der Waals surface area contributed by atoms with Crippen LogP contribution in [-0.2, 0) is 12.8 Å². The van der Waals surface area contributed by atoms with Gasteiger partial charge in [0.05, 0.1) is 0 Å². The van der Waals surface area contributed by atoms with E-state index >= 15 is 0 Å². The van der Waals surface area contributed by atoms with Crippen LogP contribution in [0, 0.1) is 0 Å². The maximum Gasteiger partial charge on any atom is 0.233 e. The van der Waals surface area contributed by atoms with Crippen LogP contribution in [0.15, 0.2) is 30.6 Å². The number of hydrogen-bond donors (Lipinski definition) is 0. The Kier molecular flexibility index (Phi) is 2.92. The summed E-state index contributed by atoms with van der Waals surface area (Å²) in [6.07, 6.45) is 4.73. The summed E-state index contributed by atoms with van der Waals surface area (Å²) in [5, 5.41) is 0. The van der Waals surface area contributed by atoms with Gasteiger partial charge in [0.25, 0.3) is 0 Å². The largest absolute Gasteiger partial charge is 0.310 e. The molecule has 0 amide bonds. The zero-order valence-corrected chi connectivity index (χ0v) is 10.5. The fourth-order valence-corrected chi connectivity index (χ4v) is 2.36. The van der Waals surface area contributed by atoms with Gasteiger partial charge in [0.15, 0.2) is 0 Å². The van der Waals surface area contributed by atoms with Gasteiger partial charge >= 0.3 is 0 Å². The second-order valence-corrected chi connectivity index (χ2v) is 4.44. The third kappa shape index (κ3) is 1.94. The van der Waals surface area contributed by atoms with Crippen molar-refractivity contribution in [3.8, 4) is 0 Å². The molecule has 1 aromatic carbocycles. The van der Waals surface area contributed by atoms with Crippen molar-refractivity contribution >= 4 is 11.6 Å². The van der Waals surface area contributed by atoms with Crippen molar-refractivity contribution < 1.29 is 0 Å². The summed E-state index contributed by atoms with van der Waals surface area (Å²) < 4.78 is 0. The van der Waals surface area contributed by atoms with Crippen molar-refractivity contribution in [2.24, 2.45) is 0 Å². The summed E-state index contributed by atoms with van der Waals surface area (Å²) in [6, 6.07) is 8.49. The number of rotatable bonds is 2. The van der Waals surface area contributed by atoms with Crippen molar-refractivity contribution in [1.29, 1.82) is 0 Å². The van der Waals surface area contributed by atoms with Crippen molar-refractivity contribution in [3.05, 3.63) is 42.0 Å². The minimum Gasteiger partial charge on any atom is -0.310 e. The molecule has 0 saturated heterocycles. The number of benzene rings is 1. The Morgan fingerprint density at radius 3 is 3.00 bits per heavy atom. The van der Waals surface area contributed by atoms with Gasteiger partial charge in [0.2, 0.25) is 5.95 Å². The Morgan fingerprint density at radius 2 is 2.11 bits per heavy atom. The molecule has 1 aromatic heterocycles. The molecule has 0 bridgehead atoms. The standard InChI is InChI=1S/C14H16N4/c1-2-13-15-10-16-14(17-13)18-9-5-7-11-6-3-4-8-12(11)18/h3-4,6,8,10H,2,5,7,9H2,1H3. The fourth-order valence-electron chi connectivity index (χ4n) is 2.36. The molecule has 2 aromatic rings. The molecule has 0 unspecified atom stereocenters. The average molecular weight is 240 g/mol. The number of fused-ring (bicyclic) bond motifs is 1. The number of hydrogen-bond acceptors (Lipinski definition) is 4. The highest BCUT2D eigenvalue weighted by molar-refractivity contribution is 5.63. The Hall–Kier alpha value is -1.97. The monoisotopic (exact) mass is 240 g/mol. The SMILES string of the molecule is CCc1ncnc(N2CCCc3ccccc32)n1. The zero-order chi connectivity index (χ0) is 12.4. The molecule has 0 saturated carbocycles. The van der Waals surface area contributed by atoms with Crippen LogP contribution in [0.4, 0.5) is 11.6 Å². The smallest absolute Gasteiger partial charge is 0.233 e. The van der Waals surface area contributed by atoms with E-state index in [0.717, 1.165) is 37.6 Å². The van der Waals surface area contributed by atoms with Gasteiger partial charge in [-0.3, -0.25) is 0 Å². The predicted molar refractivity (Wildman–Crippen MR) is 71.0 cm³/mol. The zero-order valence-electron chi connectivity index (χ0n) is 10.5. The summed E-state index contributed by atoms with van der Waals surface area (Å²) in [4.78, 5) is 15.2. The maximum absolute atomic E-state index is 4.52. The van der Waals surface area contributed by atoms with E-state index in [1.165, 1.54) is 11.3 Å². The Bertz CT molecular complexity index is 553. The van der Waals surface area contributed by atoms with E-state index in [2.05, 4.69) is 51.0 Å². The summed E-state index contributed by atoms with van der Waals surface area (Å²) in [6.45, 7) is 3.04. The second-order valence-electron chi connectivity index (χ2n) is 4.44. The molecule has 4 heteroatoms. The molecule has 0 aliphatic carbocycles. The Morgan fingerprint density at radius 1 is 1.22 bits per heavy atom. The topological polar surface area (TPSA) is 41.9 Å². The van der Waals surface area contributed by atoms with Crippen LogP contribution in [0.1, 0.15) is 24.7 Å². The number of aromatic nitrogens is 3. The normalized spacial score (nSPS) is 14.4. The van der Waals surface area contributed by atoms with Crippen LogP contribution < -0.4 is 4.90 Å². The van der Waals surface area contributed by atoms with Crippen molar-refractivity contribution in [3.63, 3.8) is 0 Å². The van der Waals surface area contributed by atoms with Gasteiger partial charge in [-0.05, 0) is 24.5 Å². The molecule has 0 fully saturated rings. The van der Waals surface area contributed by atoms with Gasteiger partial charge < -0.3 is 4.90 Å². The first-order valence-electron chi connectivity index (χ1n) is 6.42. The van der Waals surface area contributed by atoms with E-state index in [-0.39, 0.29) is 0 Å². The lowest BCUT2D eigenvalue weighted by Crippen LogP contribution is -2.26. The molecule has 0 spiro atoms. The lowest BCUT2D eigenvalue weighted by molar-refractivity contribution is 0.740. The van der Waals surface area contributed by atoms with E-state index in [9.17, 15) is 0 Å². The van der Waals surface area contributed by atoms with Crippen LogP contribution in [-0.4, -0.2) is 21.5 Å². The molecule has 1 aliphatic heterocycles. The summed E-state index contributed by atoms with van der Waals surface area (Å²) in [5.41, 5.74) is 2.61. The third-order valence-corrected chi connectivity index (χ3v) is 3.28. The van der Waals surface area contributed by atoms with E-state index in [4.69, 9.17) is 0 Å². The van der Waals surface area contributed by atoms with Crippen molar-refractivity contribution in [1.82, 2.24) is 15.0 Å². The van der Waals surface area contributed by atoms with Gasteiger partial charge in [-0.25, -0.2) is 9.97 Å². The Labute approximate surface area is 107 Å². The van der Waals surface area contributed by atoms with E-state index in [0.29, 0.717) is 0 Å². The van der Waals surface area contributed by atoms with Crippen LogP contribution in [0.2, 0.25) is 0 Å². The minimum atomic E-state index is 0.772. The molecule has 18 heavy (non-hydrogen) atoms. The molecule has 0 atom stereocenters. The number of anilines is 2. The lowest BCUT2D eigenvalue weighted by atomic mass is 10.0. The molecule has 0 N–H and O–H groups in total. The predicted octanol–water partition coefficient (Wildman–Crippen LogP) is 2.52. The molecular formula is C14H16N4. The quantitative estimate of drug-likeness (QED) is 0.809. The van der Waals surface area contributed by atoms with Crippen molar-refractivity contribution in [2.45, 2.75) is 26.2 Å². The summed E-state index contributed by atoms with van der Waals surface area (Å²) in [7, 11) is 0. The molecule has 2 heterocycles. The molecule has 3 rings (SSSR count). The Balaban J connectivity index is 2.02. The number of aryl methyl sites for hydroxylation is 2. The van der Waals surface area contributed by atoms with Crippen LogP contribution >= 0.6 is 0 Å². The highest BCUT2D eigenvalue weighted by Gasteiger charge is 2.19. The number of para-hydroxylation sites is 1. The van der Waals surface area contributed by atoms with E-state index in [1.54, 1.807) is 6.33 Å². The average Bonchev–Trinajstić information content (AvgIpc) is 2.47. The second kappa shape index (κ2) is 4.72. The molecular weight excluding hydrogens is 224 g/mol.